The lowest BCUT2D eigenvalue weighted by atomic mass is 10.1. The molecule has 7 heteroatoms. The maximum Gasteiger partial charge on any atom is 0.272 e. The molecule has 2 aromatic rings. The molecule has 0 saturated carbocycles. The van der Waals surface area contributed by atoms with Crippen LogP contribution in [0.25, 0.3) is 0 Å². The number of aromatic nitrogens is 2. The van der Waals surface area contributed by atoms with E-state index in [1.165, 1.54) is 6.33 Å². The summed E-state index contributed by atoms with van der Waals surface area (Å²) in [7, 11) is 0. The molecule has 1 aliphatic heterocycles. The molecule has 3 rings (SSSR count). The van der Waals surface area contributed by atoms with Gasteiger partial charge in [0.2, 0.25) is 0 Å². The van der Waals surface area contributed by atoms with Crippen LogP contribution in [0.5, 0.6) is 0 Å². The van der Waals surface area contributed by atoms with Crippen molar-refractivity contribution in [1.82, 2.24) is 14.9 Å². The molecule has 0 radical (unpaired) electrons. The second-order valence-corrected chi connectivity index (χ2v) is 5.94. The summed E-state index contributed by atoms with van der Waals surface area (Å²) in [4.78, 5) is 22.4. The molecule has 24 heavy (non-hydrogen) atoms. The minimum atomic E-state index is -0.0846. The van der Waals surface area contributed by atoms with Gasteiger partial charge in [-0.05, 0) is 24.1 Å². The highest BCUT2D eigenvalue weighted by Crippen LogP contribution is 2.12. The minimum absolute atomic E-state index is 0.0846. The molecule has 126 valence electrons. The molecule has 1 aromatic heterocycles. The number of halogens is 1. The van der Waals surface area contributed by atoms with Crippen LogP contribution in [0.15, 0.2) is 36.7 Å². The van der Waals surface area contributed by atoms with Gasteiger partial charge in [-0.2, -0.15) is 0 Å². The van der Waals surface area contributed by atoms with Crippen molar-refractivity contribution in [2.24, 2.45) is 0 Å². The number of hydrogen-bond acceptors (Lipinski definition) is 5. The number of morpholine rings is 1. The Hall–Kier alpha value is -2.18. The Morgan fingerprint density at radius 1 is 1.25 bits per heavy atom. The van der Waals surface area contributed by atoms with Crippen molar-refractivity contribution in [3.63, 3.8) is 0 Å². The fourth-order valence-corrected chi connectivity index (χ4v) is 2.74. The highest BCUT2D eigenvalue weighted by molar-refractivity contribution is 6.30. The minimum Gasteiger partial charge on any atom is -0.378 e. The van der Waals surface area contributed by atoms with Crippen molar-refractivity contribution < 1.29 is 9.53 Å². The molecule has 0 spiro atoms. The van der Waals surface area contributed by atoms with Crippen molar-refractivity contribution in [3.05, 3.63) is 52.9 Å². The first kappa shape index (κ1) is 16.7. The van der Waals surface area contributed by atoms with E-state index in [0.717, 1.165) is 17.0 Å². The molecule has 0 bridgehead atoms. The van der Waals surface area contributed by atoms with E-state index in [-0.39, 0.29) is 5.91 Å². The molecule has 0 unspecified atom stereocenters. The number of nitrogens with zero attached hydrogens (tertiary/aromatic N) is 3. The number of carbonyl (C=O) groups is 1. The molecule has 1 amide bonds. The second-order valence-electron chi connectivity index (χ2n) is 5.50. The van der Waals surface area contributed by atoms with Gasteiger partial charge in [0.05, 0.1) is 13.2 Å². The second kappa shape index (κ2) is 8.08. The van der Waals surface area contributed by atoms with Gasteiger partial charge in [-0.25, -0.2) is 9.97 Å². The largest absolute Gasteiger partial charge is 0.378 e. The lowest BCUT2D eigenvalue weighted by Gasteiger charge is -2.26. The van der Waals surface area contributed by atoms with Gasteiger partial charge in [0, 0.05) is 30.7 Å². The average Bonchev–Trinajstić information content (AvgIpc) is 2.62. The summed E-state index contributed by atoms with van der Waals surface area (Å²) in [6.07, 6.45) is 2.23. The number of ether oxygens (including phenoxy) is 1. The lowest BCUT2D eigenvalue weighted by molar-refractivity contribution is 0.0299. The summed E-state index contributed by atoms with van der Waals surface area (Å²) in [5.41, 5.74) is 1.55. The third kappa shape index (κ3) is 4.43. The molecule has 1 aromatic carbocycles. The van der Waals surface area contributed by atoms with Crippen molar-refractivity contribution >= 4 is 23.3 Å². The summed E-state index contributed by atoms with van der Waals surface area (Å²) >= 11 is 5.98. The Labute approximate surface area is 145 Å². The quantitative estimate of drug-likeness (QED) is 0.899. The van der Waals surface area contributed by atoms with E-state index in [1.807, 2.05) is 24.3 Å². The Balaban J connectivity index is 1.57. The van der Waals surface area contributed by atoms with Crippen molar-refractivity contribution in [1.29, 1.82) is 0 Å². The normalized spacial score (nSPS) is 14.5. The van der Waals surface area contributed by atoms with Crippen LogP contribution in [-0.4, -0.2) is 53.6 Å². The van der Waals surface area contributed by atoms with Crippen LogP contribution in [0.2, 0.25) is 5.02 Å². The molecule has 1 saturated heterocycles. The van der Waals surface area contributed by atoms with E-state index >= 15 is 0 Å². The van der Waals surface area contributed by atoms with E-state index in [1.54, 1.807) is 11.0 Å². The van der Waals surface area contributed by atoms with E-state index < -0.39 is 0 Å². The van der Waals surface area contributed by atoms with Gasteiger partial charge >= 0.3 is 0 Å². The van der Waals surface area contributed by atoms with E-state index in [2.05, 4.69) is 15.3 Å². The maximum absolute atomic E-state index is 12.4. The summed E-state index contributed by atoms with van der Waals surface area (Å²) in [5.74, 6) is 0.558. The molecule has 1 aliphatic rings. The number of rotatable bonds is 5. The van der Waals surface area contributed by atoms with Crippen LogP contribution >= 0.6 is 11.6 Å². The third-order valence-corrected chi connectivity index (χ3v) is 4.03. The zero-order valence-electron chi connectivity index (χ0n) is 13.2. The number of anilines is 1. The van der Waals surface area contributed by atoms with E-state index in [4.69, 9.17) is 16.3 Å². The smallest absolute Gasteiger partial charge is 0.272 e. The molecule has 2 heterocycles. The fraction of sp³-hybridized carbons (Fsp3) is 0.353. The van der Waals surface area contributed by atoms with Gasteiger partial charge < -0.3 is 15.0 Å². The van der Waals surface area contributed by atoms with Crippen LogP contribution in [0.4, 0.5) is 5.82 Å². The SMILES string of the molecule is O=C(c1cc(NCCc2cccc(Cl)c2)ncn1)N1CCOCC1. The predicted octanol–water partition coefficient (Wildman–Crippen LogP) is 2.26. The first-order valence-electron chi connectivity index (χ1n) is 7.90. The topological polar surface area (TPSA) is 67.4 Å². The van der Waals surface area contributed by atoms with Crippen LogP contribution in [0.3, 0.4) is 0 Å². The molecule has 0 aliphatic carbocycles. The van der Waals surface area contributed by atoms with Gasteiger partial charge in [-0.15, -0.1) is 0 Å². The highest BCUT2D eigenvalue weighted by atomic mass is 35.5. The molecule has 0 atom stereocenters. The number of amides is 1. The Bertz CT molecular complexity index is 704. The lowest BCUT2D eigenvalue weighted by Crippen LogP contribution is -2.41. The fourth-order valence-electron chi connectivity index (χ4n) is 2.53. The van der Waals surface area contributed by atoms with E-state index in [0.29, 0.717) is 44.4 Å². The number of benzene rings is 1. The van der Waals surface area contributed by atoms with Gasteiger partial charge in [-0.3, -0.25) is 4.79 Å². The first-order valence-corrected chi connectivity index (χ1v) is 8.27. The summed E-state index contributed by atoms with van der Waals surface area (Å²) in [6, 6.07) is 9.45. The molecule has 1 N–H and O–H groups in total. The highest BCUT2D eigenvalue weighted by Gasteiger charge is 2.19. The van der Waals surface area contributed by atoms with Gasteiger partial charge in [0.15, 0.2) is 0 Å². The Morgan fingerprint density at radius 3 is 2.88 bits per heavy atom. The first-order chi connectivity index (χ1) is 11.7. The maximum atomic E-state index is 12.4. The molecular formula is C17H19ClN4O2. The zero-order valence-corrected chi connectivity index (χ0v) is 14.0. The van der Waals surface area contributed by atoms with E-state index in [9.17, 15) is 4.79 Å². The summed E-state index contributed by atoms with van der Waals surface area (Å²) < 4.78 is 5.26. The number of nitrogens with one attached hydrogen (secondary N) is 1. The predicted molar refractivity (Wildman–Crippen MR) is 92.4 cm³/mol. The zero-order chi connectivity index (χ0) is 16.8. The van der Waals surface area contributed by atoms with Crippen molar-refractivity contribution in [3.8, 4) is 0 Å². The number of hydrogen-bond donors (Lipinski definition) is 1. The summed E-state index contributed by atoms with van der Waals surface area (Å²) in [5, 5.41) is 3.95. The average molecular weight is 347 g/mol. The van der Waals surface area contributed by atoms with Gasteiger partial charge in [0.25, 0.3) is 5.91 Å². The van der Waals surface area contributed by atoms with Crippen LogP contribution in [0, 0.1) is 0 Å². The van der Waals surface area contributed by atoms with Gasteiger partial charge in [0.1, 0.15) is 17.8 Å². The molecule has 6 nitrogen and oxygen atoms in total. The van der Waals surface area contributed by atoms with Crippen LogP contribution in [0.1, 0.15) is 16.1 Å². The van der Waals surface area contributed by atoms with Crippen molar-refractivity contribution in [2.75, 3.05) is 38.2 Å². The third-order valence-electron chi connectivity index (χ3n) is 3.79. The number of carbonyl (C=O) groups excluding carboxylic acids is 1. The molecular weight excluding hydrogens is 328 g/mol. The standard InChI is InChI=1S/C17H19ClN4O2/c18-14-3-1-2-13(10-14)4-5-19-16-11-15(20-12-21-16)17(23)22-6-8-24-9-7-22/h1-3,10-12H,4-9H2,(H,19,20,21). The van der Waals surface area contributed by atoms with Crippen molar-refractivity contribution in [2.45, 2.75) is 6.42 Å². The molecule has 1 fully saturated rings. The monoisotopic (exact) mass is 346 g/mol. The Kier molecular flexibility index (Phi) is 5.61. The Morgan fingerprint density at radius 2 is 2.08 bits per heavy atom. The van der Waals surface area contributed by atoms with Crippen LogP contribution in [-0.2, 0) is 11.2 Å². The summed E-state index contributed by atoms with van der Waals surface area (Å²) in [6.45, 7) is 3.03. The van der Waals surface area contributed by atoms with Crippen LogP contribution < -0.4 is 5.32 Å². The van der Waals surface area contributed by atoms with Gasteiger partial charge in [-0.1, -0.05) is 23.7 Å².